The molecule has 2 rings (SSSR count). The highest BCUT2D eigenvalue weighted by Gasteiger charge is 2.51. The lowest BCUT2D eigenvalue weighted by atomic mass is 9.79. The van der Waals surface area contributed by atoms with Gasteiger partial charge in [0.2, 0.25) is 0 Å². The molecule has 0 atom stereocenters. The van der Waals surface area contributed by atoms with Crippen LogP contribution in [0.4, 0.5) is 0 Å². The summed E-state index contributed by atoms with van der Waals surface area (Å²) in [6, 6.07) is 8.18. The third kappa shape index (κ3) is 5.51. The molecule has 1 heterocycles. The Morgan fingerprint density at radius 3 is 2.04 bits per heavy atom. The van der Waals surface area contributed by atoms with Crippen molar-refractivity contribution in [3.8, 4) is 11.8 Å². The first kappa shape index (κ1) is 23.2. The Kier molecular flexibility index (Phi) is 6.93. The van der Waals surface area contributed by atoms with E-state index in [2.05, 4.69) is 73.4 Å². The second kappa shape index (κ2) is 8.36. The van der Waals surface area contributed by atoms with Crippen LogP contribution in [0, 0.1) is 11.8 Å². The van der Waals surface area contributed by atoms with Gasteiger partial charge in [-0.3, -0.25) is 0 Å². The van der Waals surface area contributed by atoms with Crippen LogP contribution in [0.25, 0.3) is 0 Å². The summed E-state index contributed by atoms with van der Waals surface area (Å²) < 4.78 is 18.4. The lowest BCUT2D eigenvalue weighted by molar-refractivity contribution is 0.00578. The van der Waals surface area contributed by atoms with Gasteiger partial charge in [0.1, 0.15) is 0 Å². The van der Waals surface area contributed by atoms with Crippen molar-refractivity contribution in [3.05, 3.63) is 29.8 Å². The van der Waals surface area contributed by atoms with E-state index in [9.17, 15) is 0 Å². The zero-order chi connectivity index (χ0) is 21.2. The molecule has 1 fully saturated rings. The SMILES string of the molecule is CC1(C)OB(c2ccc(C#CCCCO[Si](C)(C)C(C)(C)C)cc2)OC1(C)C. The van der Waals surface area contributed by atoms with Crippen molar-refractivity contribution in [1.29, 1.82) is 0 Å². The summed E-state index contributed by atoms with van der Waals surface area (Å²) in [5, 5.41) is 0.262. The van der Waals surface area contributed by atoms with Crippen molar-refractivity contribution < 1.29 is 13.7 Å². The molecule has 0 saturated carbocycles. The standard InChI is InChI=1S/C23H37BO3Si/c1-21(2,3)28(8,9)25-18-12-10-11-13-19-14-16-20(17-15-19)24-26-22(4,5)23(6,7)27-24/h14-17H,10,12,18H2,1-9H3. The van der Waals surface area contributed by atoms with Gasteiger partial charge in [0.25, 0.3) is 0 Å². The molecule has 0 bridgehead atoms. The first-order chi connectivity index (χ1) is 12.8. The van der Waals surface area contributed by atoms with Gasteiger partial charge >= 0.3 is 7.12 Å². The molecule has 3 nitrogen and oxygen atoms in total. The van der Waals surface area contributed by atoms with Gasteiger partial charge in [-0.05, 0) is 69.8 Å². The Balaban J connectivity index is 1.83. The van der Waals surface area contributed by atoms with Gasteiger partial charge in [-0.15, -0.1) is 0 Å². The van der Waals surface area contributed by atoms with Crippen molar-refractivity contribution >= 4 is 20.9 Å². The lowest BCUT2D eigenvalue weighted by Gasteiger charge is -2.36. The zero-order valence-electron chi connectivity index (χ0n) is 19.2. The molecular formula is C23H37BO3Si. The first-order valence-corrected chi connectivity index (χ1v) is 13.2. The van der Waals surface area contributed by atoms with Crippen LogP contribution in [0.15, 0.2) is 24.3 Å². The normalized spacial score (nSPS) is 18.7. The summed E-state index contributed by atoms with van der Waals surface area (Å²) in [6.45, 7) is 20.5. The second-order valence-corrected chi connectivity index (χ2v) is 15.0. The molecule has 154 valence electrons. The summed E-state index contributed by atoms with van der Waals surface area (Å²) in [7, 11) is -1.96. The predicted molar refractivity (Wildman–Crippen MR) is 121 cm³/mol. The van der Waals surface area contributed by atoms with Crippen LogP contribution in [-0.4, -0.2) is 33.2 Å². The third-order valence-corrected chi connectivity index (χ3v) is 10.9. The minimum atomic E-state index is -1.64. The second-order valence-electron chi connectivity index (χ2n) is 10.2. The Morgan fingerprint density at radius 1 is 1.00 bits per heavy atom. The number of unbranched alkanes of at least 4 members (excludes halogenated alkanes) is 1. The van der Waals surface area contributed by atoms with Crippen molar-refractivity contribution in [2.45, 2.75) is 90.6 Å². The van der Waals surface area contributed by atoms with Crippen LogP contribution >= 0.6 is 0 Å². The molecule has 0 radical (unpaired) electrons. The van der Waals surface area contributed by atoms with E-state index in [0.29, 0.717) is 0 Å². The Bertz CT molecular complexity index is 705. The molecule has 0 unspecified atom stereocenters. The summed E-state index contributed by atoms with van der Waals surface area (Å²) >= 11 is 0. The van der Waals surface area contributed by atoms with Crippen molar-refractivity contribution in [1.82, 2.24) is 0 Å². The average molecular weight is 400 g/mol. The van der Waals surface area contributed by atoms with E-state index in [-0.39, 0.29) is 23.4 Å². The van der Waals surface area contributed by atoms with Gasteiger partial charge in [0.05, 0.1) is 11.2 Å². The van der Waals surface area contributed by atoms with E-state index < -0.39 is 8.32 Å². The number of hydrogen-bond acceptors (Lipinski definition) is 3. The summed E-state index contributed by atoms with van der Waals surface area (Å²) in [6.07, 6.45) is 1.83. The van der Waals surface area contributed by atoms with Crippen LogP contribution in [0.5, 0.6) is 0 Å². The van der Waals surface area contributed by atoms with Gasteiger partial charge < -0.3 is 13.7 Å². The molecule has 1 aliphatic heterocycles. The molecule has 0 aromatic heterocycles. The van der Waals surface area contributed by atoms with Crippen LogP contribution in [-0.2, 0) is 13.7 Å². The van der Waals surface area contributed by atoms with Crippen LogP contribution < -0.4 is 5.46 Å². The quantitative estimate of drug-likeness (QED) is 0.389. The molecule has 1 aromatic carbocycles. The predicted octanol–water partition coefficient (Wildman–Crippen LogP) is 5.14. The number of rotatable bonds is 5. The Hall–Kier alpha value is -1.06. The highest BCUT2D eigenvalue weighted by atomic mass is 28.4. The Morgan fingerprint density at radius 2 is 1.54 bits per heavy atom. The average Bonchev–Trinajstić information content (AvgIpc) is 2.78. The van der Waals surface area contributed by atoms with Crippen LogP contribution in [0.1, 0.15) is 66.9 Å². The van der Waals surface area contributed by atoms with Gasteiger partial charge in [-0.2, -0.15) is 0 Å². The van der Waals surface area contributed by atoms with Crippen molar-refractivity contribution in [2.24, 2.45) is 0 Å². The number of hydrogen-bond donors (Lipinski definition) is 0. The minimum absolute atomic E-state index is 0.262. The zero-order valence-corrected chi connectivity index (χ0v) is 20.2. The lowest BCUT2D eigenvalue weighted by Crippen LogP contribution is -2.41. The molecule has 0 amide bonds. The summed E-state index contributed by atoms with van der Waals surface area (Å²) in [4.78, 5) is 0. The van der Waals surface area contributed by atoms with Gasteiger partial charge in [0, 0.05) is 18.6 Å². The molecule has 1 aliphatic rings. The Labute approximate surface area is 173 Å². The fourth-order valence-corrected chi connectivity index (χ4v) is 3.66. The largest absolute Gasteiger partial charge is 0.494 e. The van der Waals surface area contributed by atoms with E-state index in [1.54, 1.807) is 0 Å². The van der Waals surface area contributed by atoms with E-state index in [4.69, 9.17) is 13.7 Å². The number of benzene rings is 1. The fraction of sp³-hybridized carbons (Fsp3) is 0.652. The molecule has 1 aromatic rings. The highest BCUT2D eigenvalue weighted by Crippen LogP contribution is 2.37. The van der Waals surface area contributed by atoms with Crippen molar-refractivity contribution in [2.75, 3.05) is 6.61 Å². The molecular weight excluding hydrogens is 363 g/mol. The maximum atomic E-state index is 6.20. The third-order valence-electron chi connectivity index (χ3n) is 6.38. The molecule has 0 N–H and O–H groups in total. The summed E-state index contributed by atoms with van der Waals surface area (Å²) in [5.41, 5.74) is 1.42. The maximum Gasteiger partial charge on any atom is 0.494 e. The minimum Gasteiger partial charge on any atom is -0.417 e. The van der Waals surface area contributed by atoms with Gasteiger partial charge in [-0.1, -0.05) is 44.7 Å². The van der Waals surface area contributed by atoms with Crippen LogP contribution in [0.3, 0.4) is 0 Å². The molecule has 28 heavy (non-hydrogen) atoms. The fourth-order valence-electron chi connectivity index (χ4n) is 2.57. The van der Waals surface area contributed by atoms with Gasteiger partial charge in [-0.25, -0.2) is 0 Å². The molecule has 0 aliphatic carbocycles. The highest BCUT2D eigenvalue weighted by molar-refractivity contribution is 6.74. The topological polar surface area (TPSA) is 27.7 Å². The molecule has 0 spiro atoms. The summed E-state index contributed by atoms with van der Waals surface area (Å²) in [5.74, 6) is 6.51. The van der Waals surface area contributed by atoms with Gasteiger partial charge in [0.15, 0.2) is 8.32 Å². The molecule has 5 heteroatoms. The van der Waals surface area contributed by atoms with E-state index in [1.165, 1.54) is 0 Å². The first-order valence-electron chi connectivity index (χ1n) is 10.3. The smallest absolute Gasteiger partial charge is 0.417 e. The van der Waals surface area contributed by atoms with Crippen molar-refractivity contribution in [3.63, 3.8) is 0 Å². The molecule has 1 saturated heterocycles. The maximum absolute atomic E-state index is 6.20. The van der Waals surface area contributed by atoms with Crippen LogP contribution in [0.2, 0.25) is 18.1 Å². The van der Waals surface area contributed by atoms with E-state index in [1.807, 2.05) is 24.3 Å². The van der Waals surface area contributed by atoms with E-state index in [0.717, 1.165) is 30.5 Å². The van der Waals surface area contributed by atoms with E-state index >= 15 is 0 Å². The monoisotopic (exact) mass is 400 g/mol.